The molecule has 1 atom stereocenters. The molecule has 1 aromatic heterocycles. The van der Waals surface area contributed by atoms with Gasteiger partial charge in [0.2, 0.25) is 0 Å². The number of halogens is 1. The molecule has 2 N–H and O–H groups in total. The predicted molar refractivity (Wildman–Crippen MR) is 73.0 cm³/mol. The zero-order valence-electron chi connectivity index (χ0n) is 8.68. The van der Waals surface area contributed by atoms with E-state index in [1.54, 1.807) is 23.1 Å². The van der Waals surface area contributed by atoms with E-state index >= 15 is 0 Å². The van der Waals surface area contributed by atoms with Crippen LogP contribution in [0, 0.1) is 0 Å². The van der Waals surface area contributed by atoms with E-state index in [0.717, 1.165) is 14.4 Å². The Labute approximate surface area is 111 Å². The maximum atomic E-state index is 5.85. The maximum absolute atomic E-state index is 5.85. The molecule has 0 amide bonds. The minimum absolute atomic E-state index is 0.0493. The van der Waals surface area contributed by atoms with E-state index < -0.39 is 0 Å². The third kappa shape index (κ3) is 2.85. The molecule has 0 saturated heterocycles. The summed E-state index contributed by atoms with van der Waals surface area (Å²) in [5.74, 6) is 0. The van der Waals surface area contributed by atoms with E-state index in [1.807, 2.05) is 18.5 Å². The minimum atomic E-state index is 0.0493. The van der Waals surface area contributed by atoms with Crippen LogP contribution in [-0.2, 0) is 0 Å². The van der Waals surface area contributed by atoms with Gasteiger partial charge in [-0.15, -0.1) is 11.3 Å². The fourth-order valence-corrected chi connectivity index (χ4v) is 3.83. The first-order valence-electron chi connectivity index (χ1n) is 4.79. The number of nitrogens with two attached hydrogens (primary N) is 1. The summed E-state index contributed by atoms with van der Waals surface area (Å²) in [6.45, 7) is 1.98. The second kappa shape index (κ2) is 5.31. The van der Waals surface area contributed by atoms with Crippen molar-refractivity contribution in [2.75, 3.05) is 0 Å². The Morgan fingerprint density at radius 1 is 1.50 bits per heavy atom. The van der Waals surface area contributed by atoms with Gasteiger partial charge in [0.25, 0.3) is 0 Å². The molecule has 0 spiro atoms. The van der Waals surface area contributed by atoms with Crippen molar-refractivity contribution >= 4 is 39.0 Å². The molecule has 1 aromatic carbocycles. The Bertz CT molecular complexity index is 469. The SMILES string of the molecule is C[C@H](N)c1ccc(Sc2nccs2)cc1Br. The quantitative estimate of drug-likeness (QED) is 0.928. The Morgan fingerprint density at radius 2 is 2.31 bits per heavy atom. The summed E-state index contributed by atoms with van der Waals surface area (Å²) in [5.41, 5.74) is 6.98. The second-order valence-electron chi connectivity index (χ2n) is 3.37. The molecule has 2 nitrogen and oxygen atoms in total. The lowest BCUT2D eigenvalue weighted by atomic mass is 10.1. The number of aromatic nitrogens is 1. The molecule has 2 aromatic rings. The molecule has 0 unspecified atom stereocenters. The van der Waals surface area contributed by atoms with E-state index in [1.165, 1.54) is 4.90 Å². The summed E-state index contributed by atoms with van der Waals surface area (Å²) in [4.78, 5) is 5.41. The Morgan fingerprint density at radius 3 is 2.88 bits per heavy atom. The molecule has 16 heavy (non-hydrogen) atoms. The van der Waals surface area contributed by atoms with E-state index in [-0.39, 0.29) is 6.04 Å². The molecular weight excluding hydrogens is 304 g/mol. The predicted octanol–water partition coefficient (Wildman–Crippen LogP) is 4.08. The van der Waals surface area contributed by atoms with E-state index in [0.29, 0.717) is 0 Å². The fraction of sp³-hybridized carbons (Fsp3) is 0.182. The lowest BCUT2D eigenvalue weighted by molar-refractivity contribution is 0.811. The van der Waals surface area contributed by atoms with Gasteiger partial charge in [-0.2, -0.15) is 0 Å². The van der Waals surface area contributed by atoms with Crippen molar-refractivity contribution in [3.63, 3.8) is 0 Å². The number of nitrogens with zero attached hydrogens (tertiary/aromatic N) is 1. The largest absolute Gasteiger partial charge is 0.324 e. The van der Waals surface area contributed by atoms with Crippen LogP contribution in [0.5, 0.6) is 0 Å². The Hall–Kier alpha value is -0.360. The Kier molecular flexibility index (Phi) is 4.02. The van der Waals surface area contributed by atoms with Crippen molar-refractivity contribution in [2.24, 2.45) is 5.73 Å². The van der Waals surface area contributed by atoms with E-state index in [2.05, 4.69) is 39.1 Å². The molecule has 5 heteroatoms. The highest BCUT2D eigenvalue weighted by molar-refractivity contribution is 9.10. The standard InChI is InChI=1S/C11H11BrN2S2/c1-7(13)9-3-2-8(6-10(9)12)16-11-14-4-5-15-11/h2-7H,13H2,1H3/t7-/m0/s1. The van der Waals surface area contributed by atoms with Crippen molar-refractivity contribution in [2.45, 2.75) is 22.2 Å². The van der Waals surface area contributed by atoms with Crippen LogP contribution in [0.2, 0.25) is 0 Å². The second-order valence-corrected chi connectivity index (χ2v) is 6.44. The third-order valence-electron chi connectivity index (χ3n) is 2.08. The van der Waals surface area contributed by atoms with Crippen LogP contribution in [0.4, 0.5) is 0 Å². The summed E-state index contributed by atoms with van der Waals surface area (Å²) in [6, 6.07) is 6.28. The van der Waals surface area contributed by atoms with Gasteiger partial charge in [-0.3, -0.25) is 0 Å². The molecule has 84 valence electrons. The molecule has 0 fully saturated rings. The zero-order valence-corrected chi connectivity index (χ0v) is 11.9. The fourth-order valence-electron chi connectivity index (χ4n) is 1.30. The van der Waals surface area contributed by atoms with Crippen molar-refractivity contribution < 1.29 is 0 Å². The van der Waals surface area contributed by atoms with E-state index in [4.69, 9.17) is 5.73 Å². The summed E-state index contributed by atoms with van der Waals surface area (Å²) >= 11 is 6.85. The third-order valence-corrected chi connectivity index (χ3v) is 4.64. The zero-order chi connectivity index (χ0) is 11.5. The smallest absolute Gasteiger partial charge is 0.154 e. The van der Waals surface area contributed by atoms with Gasteiger partial charge in [-0.1, -0.05) is 33.8 Å². The number of hydrogen-bond donors (Lipinski definition) is 1. The summed E-state index contributed by atoms with van der Waals surface area (Å²) in [7, 11) is 0. The number of rotatable bonds is 3. The molecular formula is C11H11BrN2S2. The summed E-state index contributed by atoms with van der Waals surface area (Å²) in [5, 5.41) is 1.98. The average Bonchev–Trinajstić information content (AvgIpc) is 2.70. The minimum Gasteiger partial charge on any atom is -0.324 e. The van der Waals surface area contributed by atoms with Crippen LogP contribution in [0.25, 0.3) is 0 Å². The van der Waals surface area contributed by atoms with Crippen molar-refractivity contribution in [1.29, 1.82) is 0 Å². The lowest BCUT2D eigenvalue weighted by Gasteiger charge is -2.09. The normalized spacial score (nSPS) is 12.7. The van der Waals surface area contributed by atoms with Crippen molar-refractivity contribution in [3.8, 4) is 0 Å². The lowest BCUT2D eigenvalue weighted by Crippen LogP contribution is -2.05. The van der Waals surface area contributed by atoms with Crippen LogP contribution >= 0.6 is 39.0 Å². The monoisotopic (exact) mass is 314 g/mol. The van der Waals surface area contributed by atoms with Crippen LogP contribution in [0.3, 0.4) is 0 Å². The van der Waals surface area contributed by atoms with Gasteiger partial charge < -0.3 is 5.73 Å². The van der Waals surface area contributed by atoms with Crippen LogP contribution in [0.15, 0.2) is 43.5 Å². The van der Waals surface area contributed by atoms with Gasteiger partial charge in [0, 0.05) is 27.0 Å². The molecule has 0 radical (unpaired) electrons. The summed E-state index contributed by atoms with van der Waals surface area (Å²) < 4.78 is 2.12. The van der Waals surface area contributed by atoms with Gasteiger partial charge in [0.05, 0.1) is 0 Å². The van der Waals surface area contributed by atoms with Gasteiger partial charge in [-0.25, -0.2) is 4.98 Å². The Balaban J connectivity index is 2.21. The highest BCUT2D eigenvalue weighted by atomic mass is 79.9. The molecule has 0 aliphatic carbocycles. The van der Waals surface area contributed by atoms with Gasteiger partial charge in [0.1, 0.15) is 0 Å². The number of benzene rings is 1. The van der Waals surface area contributed by atoms with E-state index in [9.17, 15) is 0 Å². The topological polar surface area (TPSA) is 38.9 Å². The molecule has 2 rings (SSSR count). The van der Waals surface area contributed by atoms with Gasteiger partial charge in [-0.05, 0) is 24.6 Å². The first kappa shape index (κ1) is 12.1. The molecule has 0 saturated carbocycles. The molecule has 1 heterocycles. The molecule has 0 bridgehead atoms. The molecule has 0 aliphatic rings. The first-order chi connectivity index (χ1) is 7.66. The van der Waals surface area contributed by atoms with Crippen molar-refractivity contribution in [1.82, 2.24) is 4.98 Å². The summed E-state index contributed by atoms with van der Waals surface area (Å²) in [6.07, 6.45) is 1.82. The van der Waals surface area contributed by atoms with Crippen LogP contribution in [-0.4, -0.2) is 4.98 Å². The van der Waals surface area contributed by atoms with Crippen molar-refractivity contribution in [3.05, 3.63) is 39.8 Å². The van der Waals surface area contributed by atoms with Gasteiger partial charge >= 0.3 is 0 Å². The maximum Gasteiger partial charge on any atom is 0.154 e. The first-order valence-corrected chi connectivity index (χ1v) is 7.28. The van der Waals surface area contributed by atoms with Crippen LogP contribution in [0.1, 0.15) is 18.5 Å². The van der Waals surface area contributed by atoms with Gasteiger partial charge in [0.15, 0.2) is 4.34 Å². The number of thiazole rings is 1. The highest BCUT2D eigenvalue weighted by Gasteiger charge is 2.07. The average molecular weight is 315 g/mol. The number of hydrogen-bond acceptors (Lipinski definition) is 4. The highest BCUT2D eigenvalue weighted by Crippen LogP contribution is 2.33. The van der Waals surface area contributed by atoms with Crippen LogP contribution < -0.4 is 5.73 Å². The molecule has 0 aliphatic heterocycles.